The Morgan fingerprint density at radius 1 is 1.00 bits per heavy atom. The second kappa shape index (κ2) is 4.33. The molecular weight excluding hydrogens is 176 g/mol. The summed E-state index contributed by atoms with van der Waals surface area (Å²) in [7, 11) is 0. The van der Waals surface area contributed by atoms with Gasteiger partial charge < -0.3 is 5.11 Å². The van der Waals surface area contributed by atoms with Crippen molar-refractivity contribution < 1.29 is 9.90 Å². The predicted octanol–water partition coefficient (Wildman–Crippen LogP) is 3.03. The van der Waals surface area contributed by atoms with E-state index in [0.717, 1.165) is 12.8 Å². The molecule has 0 aliphatic heterocycles. The maximum Gasteiger partial charge on any atom is 0.306 e. The fourth-order valence-corrected chi connectivity index (χ4v) is 2.66. The molecular formula is C12H22O2. The van der Waals surface area contributed by atoms with Crippen molar-refractivity contribution in [1.82, 2.24) is 0 Å². The molecule has 0 heterocycles. The Kier molecular flexibility index (Phi) is 3.57. The predicted molar refractivity (Wildman–Crippen MR) is 57.0 cm³/mol. The highest BCUT2D eigenvalue weighted by atomic mass is 16.4. The van der Waals surface area contributed by atoms with Crippen LogP contribution in [0.2, 0.25) is 0 Å². The Bertz CT molecular complexity index is 196. The van der Waals surface area contributed by atoms with Gasteiger partial charge in [-0.15, -0.1) is 0 Å². The molecule has 0 aromatic heterocycles. The van der Waals surface area contributed by atoms with Crippen LogP contribution in [0.1, 0.15) is 40.5 Å². The standard InChI is InChI=1S/C12H22O2/c1-7-5-11(12(13)14)6-8(2)10(4)9(7)3/h7-11H,5-6H2,1-4H3,(H,13,14). The number of hydrogen-bond donors (Lipinski definition) is 1. The summed E-state index contributed by atoms with van der Waals surface area (Å²) in [6.45, 7) is 8.90. The van der Waals surface area contributed by atoms with Gasteiger partial charge in [0.2, 0.25) is 0 Å². The first kappa shape index (κ1) is 11.5. The molecule has 0 bridgehead atoms. The SMILES string of the molecule is CC1CC(C(=O)O)CC(C)C(C)C1C. The second-order valence-electron chi connectivity index (χ2n) is 5.18. The lowest BCUT2D eigenvalue weighted by atomic mass is 9.80. The van der Waals surface area contributed by atoms with E-state index in [1.54, 1.807) is 0 Å². The molecule has 1 aliphatic carbocycles. The summed E-state index contributed by atoms with van der Waals surface area (Å²) in [5.74, 6) is 1.65. The molecule has 0 saturated heterocycles. The molecule has 14 heavy (non-hydrogen) atoms. The van der Waals surface area contributed by atoms with Gasteiger partial charge in [-0.3, -0.25) is 4.79 Å². The Labute approximate surface area is 86.7 Å². The van der Waals surface area contributed by atoms with E-state index in [0.29, 0.717) is 23.7 Å². The zero-order chi connectivity index (χ0) is 10.9. The van der Waals surface area contributed by atoms with Gasteiger partial charge in [0, 0.05) is 0 Å². The van der Waals surface area contributed by atoms with Crippen LogP contribution in [0.25, 0.3) is 0 Å². The summed E-state index contributed by atoms with van der Waals surface area (Å²) in [6.07, 6.45) is 1.70. The summed E-state index contributed by atoms with van der Waals surface area (Å²) in [5, 5.41) is 9.07. The summed E-state index contributed by atoms with van der Waals surface area (Å²) in [4.78, 5) is 11.0. The van der Waals surface area contributed by atoms with E-state index in [9.17, 15) is 4.79 Å². The van der Waals surface area contributed by atoms with Crippen LogP contribution in [0.15, 0.2) is 0 Å². The Hall–Kier alpha value is -0.530. The minimum absolute atomic E-state index is 0.118. The van der Waals surface area contributed by atoms with Gasteiger partial charge in [-0.1, -0.05) is 27.7 Å². The normalized spacial score (nSPS) is 44.4. The first-order valence-corrected chi connectivity index (χ1v) is 5.66. The lowest BCUT2D eigenvalue weighted by Gasteiger charge is -2.26. The lowest BCUT2D eigenvalue weighted by molar-refractivity contribution is -0.142. The van der Waals surface area contributed by atoms with Crippen molar-refractivity contribution in [2.45, 2.75) is 40.5 Å². The van der Waals surface area contributed by atoms with Crippen LogP contribution in [0.3, 0.4) is 0 Å². The number of hydrogen-bond acceptors (Lipinski definition) is 1. The molecule has 2 nitrogen and oxygen atoms in total. The number of carbonyl (C=O) groups is 1. The van der Waals surface area contributed by atoms with E-state index in [2.05, 4.69) is 27.7 Å². The zero-order valence-corrected chi connectivity index (χ0v) is 9.66. The molecule has 1 rings (SSSR count). The van der Waals surface area contributed by atoms with Gasteiger partial charge in [-0.2, -0.15) is 0 Å². The van der Waals surface area contributed by atoms with E-state index in [1.165, 1.54) is 0 Å². The van der Waals surface area contributed by atoms with Crippen molar-refractivity contribution in [3.63, 3.8) is 0 Å². The summed E-state index contributed by atoms with van der Waals surface area (Å²) in [5.41, 5.74) is 0. The zero-order valence-electron chi connectivity index (χ0n) is 9.66. The van der Waals surface area contributed by atoms with E-state index < -0.39 is 5.97 Å². The Morgan fingerprint density at radius 2 is 1.36 bits per heavy atom. The van der Waals surface area contributed by atoms with Crippen molar-refractivity contribution in [1.29, 1.82) is 0 Å². The summed E-state index contributed by atoms with van der Waals surface area (Å²) >= 11 is 0. The fraction of sp³-hybridized carbons (Fsp3) is 0.917. The number of aliphatic carboxylic acids is 1. The summed E-state index contributed by atoms with van der Waals surface area (Å²) < 4.78 is 0. The maximum absolute atomic E-state index is 11.0. The van der Waals surface area contributed by atoms with Crippen LogP contribution in [-0.2, 0) is 4.79 Å². The third kappa shape index (κ3) is 2.28. The van der Waals surface area contributed by atoms with Gasteiger partial charge >= 0.3 is 5.97 Å². The summed E-state index contributed by atoms with van der Waals surface area (Å²) in [6, 6.07) is 0. The molecule has 4 unspecified atom stereocenters. The molecule has 0 aromatic rings. The van der Waals surface area contributed by atoms with Gasteiger partial charge in [-0.25, -0.2) is 0 Å². The molecule has 82 valence electrons. The highest BCUT2D eigenvalue weighted by Crippen LogP contribution is 2.38. The lowest BCUT2D eigenvalue weighted by Crippen LogP contribution is -2.18. The molecule has 2 heteroatoms. The first-order valence-electron chi connectivity index (χ1n) is 5.66. The van der Waals surface area contributed by atoms with Crippen LogP contribution in [-0.4, -0.2) is 11.1 Å². The topological polar surface area (TPSA) is 37.3 Å². The highest BCUT2D eigenvalue weighted by Gasteiger charge is 2.34. The molecule has 0 spiro atoms. The third-order valence-electron chi connectivity index (χ3n) is 4.29. The third-order valence-corrected chi connectivity index (χ3v) is 4.29. The van der Waals surface area contributed by atoms with Crippen molar-refractivity contribution in [2.24, 2.45) is 29.6 Å². The highest BCUT2D eigenvalue weighted by molar-refractivity contribution is 5.70. The van der Waals surface area contributed by atoms with Crippen molar-refractivity contribution in [3.8, 4) is 0 Å². The van der Waals surface area contributed by atoms with Crippen molar-refractivity contribution in [3.05, 3.63) is 0 Å². The monoisotopic (exact) mass is 198 g/mol. The molecule has 1 fully saturated rings. The average molecular weight is 198 g/mol. The van der Waals surface area contributed by atoms with Crippen LogP contribution in [0, 0.1) is 29.6 Å². The molecule has 0 amide bonds. The average Bonchev–Trinajstić information content (AvgIpc) is 2.20. The van der Waals surface area contributed by atoms with Crippen LogP contribution < -0.4 is 0 Å². The van der Waals surface area contributed by atoms with E-state index in [1.807, 2.05) is 0 Å². The molecule has 1 saturated carbocycles. The number of carboxylic acids is 1. The quantitative estimate of drug-likeness (QED) is 0.657. The van der Waals surface area contributed by atoms with Gasteiger partial charge in [-0.05, 0) is 36.5 Å². The van der Waals surface area contributed by atoms with Gasteiger partial charge in [0.1, 0.15) is 0 Å². The molecule has 1 N–H and O–H groups in total. The van der Waals surface area contributed by atoms with Crippen LogP contribution >= 0.6 is 0 Å². The van der Waals surface area contributed by atoms with Gasteiger partial charge in [0.05, 0.1) is 5.92 Å². The van der Waals surface area contributed by atoms with Crippen molar-refractivity contribution in [2.75, 3.05) is 0 Å². The fourth-order valence-electron chi connectivity index (χ4n) is 2.66. The molecule has 4 atom stereocenters. The van der Waals surface area contributed by atoms with Crippen LogP contribution in [0.5, 0.6) is 0 Å². The van der Waals surface area contributed by atoms with Gasteiger partial charge in [0.15, 0.2) is 0 Å². The Balaban J connectivity index is 2.77. The van der Waals surface area contributed by atoms with E-state index in [-0.39, 0.29) is 5.92 Å². The molecule has 0 aromatic carbocycles. The second-order valence-corrected chi connectivity index (χ2v) is 5.18. The molecule has 0 radical (unpaired) electrons. The van der Waals surface area contributed by atoms with Gasteiger partial charge in [0.25, 0.3) is 0 Å². The smallest absolute Gasteiger partial charge is 0.306 e. The first-order chi connectivity index (χ1) is 6.43. The number of rotatable bonds is 1. The van der Waals surface area contributed by atoms with E-state index >= 15 is 0 Å². The molecule has 1 aliphatic rings. The minimum Gasteiger partial charge on any atom is -0.481 e. The van der Waals surface area contributed by atoms with Crippen molar-refractivity contribution >= 4 is 5.97 Å². The minimum atomic E-state index is -0.606. The van der Waals surface area contributed by atoms with Crippen LogP contribution in [0.4, 0.5) is 0 Å². The van der Waals surface area contributed by atoms with E-state index in [4.69, 9.17) is 5.11 Å². The Morgan fingerprint density at radius 3 is 1.64 bits per heavy atom. The maximum atomic E-state index is 11.0. The largest absolute Gasteiger partial charge is 0.481 e. The number of carboxylic acid groups (broad SMARTS) is 1.